The first-order chi connectivity index (χ1) is 14.1. The van der Waals surface area contributed by atoms with E-state index in [0.29, 0.717) is 20.9 Å². The topological polar surface area (TPSA) is 58.1 Å². The van der Waals surface area contributed by atoms with Gasteiger partial charge in [0.25, 0.3) is 5.56 Å². The van der Waals surface area contributed by atoms with Gasteiger partial charge in [-0.05, 0) is 41.8 Å². The summed E-state index contributed by atoms with van der Waals surface area (Å²) in [5.41, 5.74) is 2.17. The summed E-state index contributed by atoms with van der Waals surface area (Å²) in [5.74, 6) is 0. The Balaban J connectivity index is 0.00000218. The summed E-state index contributed by atoms with van der Waals surface area (Å²) in [6.07, 6.45) is 0.796. The summed E-state index contributed by atoms with van der Waals surface area (Å²) in [6.45, 7) is 2.54. The van der Waals surface area contributed by atoms with Crippen LogP contribution in [-0.2, 0) is 19.5 Å². The van der Waals surface area contributed by atoms with E-state index in [2.05, 4.69) is 22.0 Å². The fourth-order valence-electron chi connectivity index (χ4n) is 3.93. The van der Waals surface area contributed by atoms with Crippen LogP contribution in [0.25, 0.3) is 15.9 Å². The molecule has 3 heterocycles. The van der Waals surface area contributed by atoms with Gasteiger partial charge in [-0.3, -0.25) is 14.7 Å². The van der Waals surface area contributed by atoms with E-state index < -0.39 is 5.69 Å². The number of thiophene rings is 1. The van der Waals surface area contributed by atoms with Gasteiger partial charge in [-0.15, -0.1) is 23.7 Å². The quantitative estimate of drug-likeness (QED) is 0.494. The molecule has 1 aliphatic rings. The summed E-state index contributed by atoms with van der Waals surface area (Å²) in [7, 11) is 0. The standard InChI is InChI=1S/C22H18ClN3O2S.ClH/c23-15-6-8-16(9-7-15)26-21(27)19-17-10-11-25(12-14-4-2-1-3-5-14)13-18(17)29-20(19)24-22(26)28;/h1-9H,10-13H2,(H,24,28);1H. The molecule has 0 bridgehead atoms. The summed E-state index contributed by atoms with van der Waals surface area (Å²) in [4.78, 5) is 33.0. The first-order valence-electron chi connectivity index (χ1n) is 9.42. The number of aromatic amines is 1. The lowest BCUT2D eigenvalue weighted by Crippen LogP contribution is -2.34. The Morgan fingerprint density at radius 1 is 1.03 bits per heavy atom. The molecule has 0 amide bonds. The lowest BCUT2D eigenvalue weighted by molar-refractivity contribution is 0.249. The second kappa shape index (κ2) is 8.40. The van der Waals surface area contributed by atoms with E-state index in [4.69, 9.17) is 11.6 Å². The van der Waals surface area contributed by atoms with Crippen molar-refractivity contribution in [2.45, 2.75) is 19.5 Å². The highest BCUT2D eigenvalue weighted by atomic mass is 35.5. The average molecular weight is 460 g/mol. The van der Waals surface area contributed by atoms with Crippen molar-refractivity contribution in [3.63, 3.8) is 0 Å². The third-order valence-corrected chi connectivity index (χ3v) is 6.69. The number of nitrogens with zero attached hydrogens (tertiary/aromatic N) is 2. The average Bonchev–Trinajstić information content (AvgIpc) is 3.07. The Hall–Kier alpha value is -2.38. The fraction of sp³-hybridized carbons (Fsp3) is 0.182. The van der Waals surface area contributed by atoms with Crippen LogP contribution in [-0.4, -0.2) is 21.0 Å². The van der Waals surface area contributed by atoms with Gasteiger partial charge in [0.2, 0.25) is 0 Å². The van der Waals surface area contributed by atoms with Crippen LogP contribution < -0.4 is 11.2 Å². The van der Waals surface area contributed by atoms with Gasteiger partial charge in [0.15, 0.2) is 0 Å². The number of rotatable bonds is 3. The second-order valence-electron chi connectivity index (χ2n) is 7.20. The van der Waals surface area contributed by atoms with Crippen LogP contribution >= 0.6 is 35.3 Å². The molecule has 0 aliphatic carbocycles. The van der Waals surface area contributed by atoms with E-state index in [0.717, 1.165) is 36.5 Å². The summed E-state index contributed by atoms with van der Waals surface area (Å²) in [6, 6.07) is 17.1. The SMILES string of the molecule is Cl.O=c1[nH]c2sc3c(c2c(=O)n1-c1ccc(Cl)cc1)CCN(Cc1ccccc1)C3. The Bertz CT molecular complexity index is 1310. The number of hydrogen-bond donors (Lipinski definition) is 1. The monoisotopic (exact) mass is 459 g/mol. The predicted molar refractivity (Wildman–Crippen MR) is 125 cm³/mol. The Morgan fingerprint density at radius 3 is 2.50 bits per heavy atom. The van der Waals surface area contributed by atoms with Gasteiger partial charge in [0.1, 0.15) is 4.83 Å². The van der Waals surface area contributed by atoms with Crippen molar-refractivity contribution in [3.05, 3.63) is 96.5 Å². The van der Waals surface area contributed by atoms with Gasteiger partial charge >= 0.3 is 5.69 Å². The lowest BCUT2D eigenvalue weighted by atomic mass is 10.0. The summed E-state index contributed by atoms with van der Waals surface area (Å²) >= 11 is 7.46. The van der Waals surface area contributed by atoms with E-state index in [1.54, 1.807) is 24.3 Å². The zero-order valence-electron chi connectivity index (χ0n) is 15.9. The smallest absolute Gasteiger partial charge is 0.298 e. The van der Waals surface area contributed by atoms with Gasteiger partial charge in [0, 0.05) is 29.5 Å². The second-order valence-corrected chi connectivity index (χ2v) is 8.74. The number of halogens is 2. The van der Waals surface area contributed by atoms with E-state index in [1.807, 2.05) is 18.2 Å². The van der Waals surface area contributed by atoms with Crippen LogP contribution in [0.4, 0.5) is 0 Å². The highest BCUT2D eigenvalue weighted by molar-refractivity contribution is 7.18. The van der Waals surface area contributed by atoms with Crippen molar-refractivity contribution in [1.29, 1.82) is 0 Å². The lowest BCUT2D eigenvalue weighted by Gasteiger charge is -2.26. The Kier molecular flexibility index (Phi) is 5.84. The molecular formula is C22H19Cl2N3O2S. The van der Waals surface area contributed by atoms with Crippen LogP contribution in [0.2, 0.25) is 5.02 Å². The van der Waals surface area contributed by atoms with E-state index in [1.165, 1.54) is 21.5 Å². The molecule has 0 saturated carbocycles. The number of H-pyrrole nitrogens is 1. The van der Waals surface area contributed by atoms with Crippen molar-refractivity contribution in [1.82, 2.24) is 14.5 Å². The Labute approximate surface area is 188 Å². The number of nitrogens with one attached hydrogen (secondary N) is 1. The van der Waals surface area contributed by atoms with Gasteiger partial charge in [0.05, 0.1) is 11.1 Å². The summed E-state index contributed by atoms with van der Waals surface area (Å²) in [5, 5.41) is 1.20. The van der Waals surface area contributed by atoms with Crippen LogP contribution in [0.5, 0.6) is 0 Å². The first-order valence-corrected chi connectivity index (χ1v) is 10.6. The van der Waals surface area contributed by atoms with Gasteiger partial charge in [-0.2, -0.15) is 0 Å². The maximum atomic E-state index is 13.2. The van der Waals surface area contributed by atoms with Gasteiger partial charge in [-0.25, -0.2) is 9.36 Å². The molecule has 0 spiro atoms. The number of fused-ring (bicyclic) bond motifs is 3. The molecule has 5 nitrogen and oxygen atoms in total. The molecule has 0 unspecified atom stereocenters. The van der Waals surface area contributed by atoms with Crippen molar-refractivity contribution < 1.29 is 0 Å². The predicted octanol–water partition coefficient (Wildman–Crippen LogP) is 4.37. The molecule has 1 aliphatic heterocycles. The maximum absolute atomic E-state index is 13.2. The molecule has 30 heavy (non-hydrogen) atoms. The molecule has 2 aromatic heterocycles. The van der Waals surface area contributed by atoms with Crippen LogP contribution in [0.15, 0.2) is 64.2 Å². The minimum atomic E-state index is -0.426. The molecule has 4 aromatic rings. The third-order valence-electron chi connectivity index (χ3n) is 5.31. The van der Waals surface area contributed by atoms with Gasteiger partial charge in [-0.1, -0.05) is 41.9 Å². The van der Waals surface area contributed by atoms with Crippen molar-refractivity contribution in [2.75, 3.05) is 6.54 Å². The van der Waals surface area contributed by atoms with Crippen molar-refractivity contribution in [2.24, 2.45) is 0 Å². The molecule has 0 saturated heterocycles. The zero-order chi connectivity index (χ0) is 20.0. The number of hydrogen-bond acceptors (Lipinski definition) is 4. The molecule has 0 fully saturated rings. The minimum Gasteiger partial charge on any atom is -0.298 e. The molecule has 5 rings (SSSR count). The van der Waals surface area contributed by atoms with E-state index in [9.17, 15) is 9.59 Å². The molecule has 0 atom stereocenters. The minimum absolute atomic E-state index is 0. The normalized spacial score (nSPS) is 13.8. The van der Waals surface area contributed by atoms with Crippen LogP contribution in [0.3, 0.4) is 0 Å². The Morgan fingerprint density at radius 2 is 1.77 bits per heavy atom. The fourth-order valence-corrected chi connectivity index (χ4v) is 5.33. The van der Waals surface area contributed by atoms with E-state index >= 15 is 0 Å². The number of aromatic nitrogens is 2. The van der Waals surface area contributed by atoms with Gasteiger partial charge < -0.3 is 0 Å². The van der Waals surface area contributed by atoms with Crippen molar-refractivity contribution in [3.8, 4) is 5.69 Å². The molecule has 0 radical (unpaired) electrons. The molecule has 1 N–H and O–H groups in total. The highest BCUT2D eigenvalue weighted by Crippen LogP contribution is 2.32. The molecule has 2 aromatic carbocycles. The van der Waals surface area contributed by atoms with Crippen molar-refractivity contribution >= 4 is 45.6 Å². The highest BCUT2D eigenvalue weighted by Gasteiger charge is 2.24. The number of benzene rings is 2. The maximum Gasteiger partial charge on any atom is 0.334 e. The van der Waals surface area contributed by atoms with E-state index in [-0.39, 0.29) is 18.0 Å². The van der Waals surface area contributed by atoms with Crippen LogP contribution in [0, 0.1) is 0 Å². The summed E-state index contributed by atoms with van der Waals surface area (Å²) < 4.78 is 1.20. The molecule has 8 heteroatoms. The largest absolute Gasteiger partial charge is 0.334 e. The van der Waals surface area contributed by atoms with Crippen LogP contribution in [0.1, 0.15) is 16.0 Å². The third kappa shape index (κ3) is 3.72. The molecular weight excluding hydrogens is 441 g/mol. The first kappa shape index (κ1) is 20.9. The molecule has 154 valence electrons. The zero-order valence-corrected chi connectivity index (χ0v) is 18.3.